The Balaban J connectivity index is 1.52. The molecule has 0 radical (unpaired) electrons. The fourth-order valence-corrected chi connectivity index (χ4v) is 6.36. The number of fused-ring (bicyclic) bond motifs is 2. The normalized spacial score (nSPS) is 31.8. The molecule has 0 unspecified atom stereocenters. The molecule has 1 aromatic rings. The molecule has 1 aromatic carbocycles. The van der Waals surface area contributed by atoms with E-state index >= 15 is 0 Å². The largest absolute Gasteiger partial charge is 0.392 e. The molecule has 3 rings (SSSR count). The van der Waals surface area contributed by atoms with Crippen molar-refractivity contribution in [1.29, 1.82) is 0 Å². The van der Waals surface area contributed by atoms with Crippen LogP contribution < -0.4 is 5.32 Å². The van der Waals surface area contributed by atoms with E-state index in [1.54, 1.807) is 0 Å². The second kappa shape index (κ2) is 6.72. The molecule has 2 N–H and O–H groups in total. The van der Waals surface area contributed by atoms with E-state index in [-0.39, 0.29) is 28.8 Å². The average Bonchev–Trinajstić information content (AvgIpc) is 2.90. The first-order valence-corrected chi connectivity index (χ1v) is 10.1. The molecule has 2 saturated carbocycles. The van der Waals surface area contributed by atoms with Gasteiger partial charge in [0.05, 0.1) is 6.10 Å². The molecule has 0 aliphatic heterocycles. The highest BCUT2D eigenvalue weighted by Gasteiger charge is 2.63. The molecule has 1 amide bonds. The van der Waals surface area contributed by atoms with E-state index in [0.29, 0.717) is 5.92 Å². The molecule has 0 saturated heterocycles. The SMILES string of the molecule is C[C@@H](CSC[C@]12CC[C@H](C[C@H]1O)C2(C)C)C(=O)Nc1ccccc1. The van der Waals surface area contributed by atoms with E-state index in [4.69, 9.17) is 0 Å². The molecule has 4 heteroatoms. The fraction of sp³-hybridized carbons (Fsp3) is 0.650. The molecule has 0 heterocycles. The summed E-state index contributed by atoms with van der Waals surface area (Å²) in [5.41, 5.74) is 1.11. The number of benzene rings is 1. The second-order valence-corrected chi connectivity index (χ2v) is 9.17. The van der Waals surface area contributed by atoms with Gasteiger partial charge in [-0.2, -0.15) is 11.8 Å². The third kappa shape index (κ3) is 2.99. The van der Waals surface area contributed by atoms with Crippen LogP contribution >= 0.6 is 11.8 Å². The number of nitrogens with one attached hydrogen (secondary N) is 1. The molecule has 0 aromatic heterocycles. The highest BCUT2D eigenvalue weighted by molar-refractivity contribution is 7.99. The monoisotopic (exact) mass is 347 g/mol. The van der Waals surface area contributed by atoms with Crippen molar-refractivity contribution in [2.75, 3.05) is 16.8 Å². The summed E-state index contributed by atoms with van der Waals surface area (Å²) in [6, 6.07) is 9.61. The molecule has 0 spiro atoms. The van der Waals surface area contributed by atoms with Crippen LogP contribution in [0.5, 0.6) is 0 Å². The van der Waals surface area contributed by atoms with Crippen LogP contribution in [0.25, 0.3) is 0 Å². The van der Waals surface area contributed by atoms with Gasteiger partial charge >= 0.3 is 0 Å². The van der Waals surface area contributed by atoms with Crippen molar-refractivity contribution in [2.45, 2.75) is 46.1 Å². The summed E-state index contributed by atoms with van der Waals surface area (Å²) in [7, 11) is 0. The predicted molar refractivity (Wildman–Crippen MR) is 101 cm³/mol. The number of hydrogen-bond acceptors (Lipinski definition) is 3. The van der Waals surface area contributed by atoms with Gasteiger partial charge in [-0.05, 0) is 42.7 Å². The van der Waals surface area contributed by atoms with Gasteiger partial charge in [-0.15, -0.1) is 0 Å². The molecule has 132 valence electrons. The summed E-state index contributed by atoms with van der Waals surface area (Å²) in [6.45, 7) is 6.64. The van der Waals surface area contributed by atoms with Crippen molar-refractivity contribution in [3.05, 3.63) is 30.3 Å². The number of carbonyl (C=O) groups is 1. The Morgan fingerprint density at radius 3 is 2.67 bits per heavy atom. The van der Waals surface area contributed by atoms with Crippen LogP contribution in [0, 0.1) is 22.7 Å². The minimum Gasteiger partial charge on any atom is -0.392 e. The first kappa shape index (κ1) is 17.8. The Morgan fingerprint density at radius 2 is 2.08 bits per heavy atom. The van der Waals surface area contributed by atoms with Crippen molar-refractivity contribution in [1.82, 2.24) is 0 Å². The van der Waals surface area contributed by atoms with Crippen molar-refractivity contribution < 1.29 is 9.90 Å². The summed E-state index contributed by atoms with van der Waals surface area (Å²) < 4.78 is 0. The first-order chi connectivity index (χ1) is 11.4. The zero-order valence-electron chi connectivity index (χ0n) is 14.9. The van der Waals surface area contributed by atoms with Gasteiger partial charge in [0.1, 0.15) is 0 Å². The van der Waals surface area contributed by atoms with Gasteiger partial charge in [0.25, 0.3) is 0 Å². The van der Waals surface area contributed by atoms with Gasteiger partial charge in [-0.25, -0.2) is 0 Å². The second-order valence-electron chi connectivity index (χ2n) is 8.14. The maximum absolute atomic E-state index is 12.3. The lowest BCUT2D eigenvalue weighted by molar-refractivity contribution is -0.118. The number of para-hydroxylation sites is 1. The number of amides is 1. The predicted octanol–water partition coefficient (Wildman–Crippen LogP) is 4.18. The van der Waals surface area contributed by atoms with Crippen LogP contribution in [0.4, 0.5) is 5.69 Å². The Morgan fingerprint density at radius 1 is 1.38 bits per heavy atom. The van der Waals surface area contributed by atoms with E-state index < -0.39 is 0 Å². The summed E-state index contributed by atoms with van der Waals surface area (Å²) in [4.78, 5) is 12.3. The van der Waals surface area contributed by atoms with Crippen molar-refractivity contribution in [3.8, 4) is 0 Å². The highest BCUT2D eigenvalue weighted by atomic mass is 32.2. The van der Waals surface area contributed by atoms with Crippen molar-refractivity contribution in [3.63, 3.8) is 0 Å². The quantitative estimate of drug-likeness (QED) is 0.811. The summed E-state index contributed by atoms with van der Waals surface area (Å²) >= 11 is 1.83. The number of aliphatic hydroxyl groups excluding tert-OH is 1. The van der Waals surface area contributed by atoms with Gasteiger partial charge in [0, 0.05) is 28.5 Å². The topological polar surface area (TPSA) is 49.3 Å². The first-order valence-electron chi connectivity index (χ1n) is 8.98. The average molecular weight is 348 g/mol. The van der Waals surface area contributed by atoms with Crippen molar-refractivity contribution in [2.24, 2.45) is 22.7 Å². The number of carbonyl (C=O) groups excluding carboxylic acids is 1. The number of thioether (sulfide) groups is 1. The lowest BCUT2D eigenvalue weighted by Gasteiger charge is -2.40. The fourth-order valence-electron chi connectivity index (χ4n) is 4.66. The van der Waals surface area contributed by atoms with Gasteiger partial charge in [-0.3, -0.25) is 4.79 Å². The molecular weight excluding hydrogens is 318 g/mol. The molecule has 4 atom stereocenters. The van der Waals surface area contributed by atoms with E-state index in [0.717, 1.165) is 30.0 Å². The van der Waals surface area contributed by atoms with Gasteiger partial charge in [0.2, 0.25) is 5.91 Å². The van der Waals surface area contributed by atoms with Gasteiger partial charge in [-0.1, -0.05) is 39.0 Å². The molecule has 2 aliphatic rings. The van der Waals surface area contributed by atoms with Crippen molar-refractivity contribution >= 4 is 23.4 Å². The Bertz CT molecular complexity index is 589. The lowest BCUT2D eigenvalue weighted by Crippen LogP contribution is -2.41. The minimum atomic E-state index is -0.174. The number of hydrogen-bond donors (Lipinski definition) is 2. The zero-order valence-corrected chi connectivity index (χ0v) is 15.7. The van der Waals surface area contributed by atoms with Crippen LogP contribution in [0.1, 0.15) is 40.0 Å². The Labute approximate surface area is 149 Å². The van der Waals surface area contributed by atoms with E-state index in [1.807, 2.05) is 49.0 Å². The lowest BCUT2D eigenvalue weighted by atomic mass is 9.70. The van der Waals surface area contributed by atoms with E-state index in [1.165, 1.54) is 6.42 Å². The summed E-state index contributed by atoms with van der Waals surface area (Å²) in [5, 5.41) is 13.6. The highest BCUT2D eigenvalue weighted by Crippen LogP contribution is 2.66. The molecule has 2 bridgehead atoms. The van der Waals surface area contributed by atoms with E-state index in [2.05, 4.69) is 19.2 Å². The maximum Gasteiger partial charge on any atom is 0.228 e. The number of aliphatic hydroxyl groups is 1. The maximum atomic E-state index is 12.3. The molecular formula is C20H29NO2S. The number of rotatable bonds is 6. The number of anilines is 1. The van der Waals surface area contributed by atoms with Crippen LogP contribution in [0.3, 0.4) is 0 Å². The molecule has 2 aliphatic carbocycles. The minimum absolute atomic E-state index is 0.0366. The van der Waals surface area contributed by atoms with Crippen LogP contribution in [0.15, 0.2) is 30.3 Å². The molecule has 24 heavy (non-hydrogen) atoms. The third-order valence-corrected chi connectivity index (χ3v) is 8.06. The van der Waals surface area contributed by atoms with Crippen LogP contribution in [0.2, 0.25) is 0 Å². The molecule has 3 nitrogen and oxygen atoms in total. The Hall–Kier alpha value is -1.00. The summed E-state index contributed by atoms with van der Waals surface area (Å²) in [5.74, 6) is 2.45. The summed E-state index contributed by atoms with van der Waals surface area (Å²) in [6.07, 6.45) is 3.16. The molecule has 2 fully saturated rings. The van der Waals surface area contributed by atoms with Gasteiger partial charge < -0.3 is 10.4 Å². The van der Waals surface area contributed by atoms with Crippen LogP contribution in [-0.2, 0) is 4.79 Å². The van der Waals surface area contributed by atoms with Gasteiger partial charge in [0.15, 0.2) is 0 Å². The zero-order chi connectivity index (χ0) is 17.4. The standard InChI is InChI=1S/C20H29NO2S/c1-14(18(23)21-16-7-5-4-6-8-16)12-24-13-20-10-9-15(11-17(20)22)19(20,2)3/h4-8,14-15,17,22H,9-13H2,1-3H3,(H,21,23)/t14-,15+,17+,20+/m0/s1. The third-order valence-electron chi connectivity index (χ3n) is 6.60. The Kier molecular flexibility index (Phi) is 4.99. The van der Waals surface area contributed by atoms with Crippen LogP contribution in [-0.4, -0.2) is 28.6 Å². The van der Waals surface area contributed by atoms with E-state index in [9.17, 15) is 9.90 Å². The smallest absolute Gasteiger partial charge is 0.228 e.